The van der Waals surface area contributed by atoms with Crippen LogP contribution in [0.4, 0.5) is 0 Å². The molecule has 0 aromatic carbocycles. The zero-order valence-electron chi connectivity index (χ0n) is 11.3. The van der Waals surface area contributed by atoms with Crippen molar-refractivity contribution in [1.82, 2.24) is 10.2 Å². The van der Waals surface area contributed by atoms with Crippen LogP contribution in [0.2, 0.25) is 0 Å². The molecule has 2 aliphatic rings. The monoisotopic (exact) mass is 240 g/mol. The molecule has 2 rings (SSSR count). The fourth-order valence-corrected chi connectivity index (χ4v) is 3.25. The van der Waals surface area contributed by atoms with Gasteiger partial charge < -0.3 is 10.1 Å². The minimum atomic E-state index is 0.755. The van der Waals surface area contributed by atoms with E-state index in [1.165, 1.54) is 38.6 Å². The highest BCUT2D eigenvalue weighted by atomic mass is 16.5. The molecular weight excluding hydrogens is 212 g/mol. The van der Waals surface area contributed by atoms with Crippen LogP contribution in [0.25, 0.3) is 0 Å². The minimum Gasteiger partial charge on any atom is -0.379 e. The molecule has 3 nitrogen and oxygen atoms in total. The van der Waals surface area contributed by atoms with E-state index in [1.807, 2.05) is 0 Å². The van der Waals surface area contributed by atoms with Crippen LogP contribution in [0.5, 0.6) is 0 Å². The van der Waals surface area contributed by atoms with Gasteiger partial charge in [0, 0.05) is 25.7 Å². The summed E-state index contributed by atoms with van der Waals surface area (Å²) in [6.07, 6.45) is 7.06. The molecule has 2 atom stereocenters. The molecule has 100 valence electrons. The molecule has 0 aromatic heterocycles. The van der Waals surface area contributed by atoms with Crippen molar-refractivity contribution < 1.29 is 4.74 Å². The first kappa shape index (κ1) is 13.3. The lowest BCUT2D eigenvalue weighted by molar-refractivity contribution is 0.0270. The summed E-state index contributed by atoms with van der Waals surface area (Å²) in [6.45, 7) is 8.75. The van der Waals surface area contributed by atoms with E-state index in [4.69, 9.17) is 4.74 Å². The lowest BCUT2D eigenvalue weighted by Crippen LogP contribution is -2.45. The summed E-state index contributed by atoms with van der Waals surface area (Å²) in [4.78, 5) is 2.60. The van der Waals surface area contributed by atoms with E-state index in [9.17, 15) is 0 Å². The smallest absolute Gasteiger partial charge is 0.0594 e. The Morgan fingerprint density at radius 2 is 1.88 bits per heavy atom. The third-order valence-electron chi connectivity index (χ3n) is 4.22. The van der Waals surface area contributed by atoms with Crippen molar-refractivity contribution in [3.05, 3.63) is 0 Å². The van der Waals surface area contributed by atoms with Crippen LogP contribution in [0.15, 0.2) is 0 Å². The molecule has 2 fully saturated rings. The first-order valence-electron chi connectivity index (χ1n) is 7.43. The van der Waals surface area contributed by atoms with Gasteiger partial charge in [0.25, 0.3) is 0 Å². The second-order valence-corrected chi connectivity index (χ2v) is 5.48. The first-order valence-corrected chi connectivity index (χ1v) is 7.43. The Balaban J connectivity index is 1.84. The number of morpholine rings is 1. The van der Waals surface area contributed by atoms with Crippen LogP contribution in [0.3, 0.4) is 0 Å². The lowest BCUT2D eigenvalue weighted by Gasteiger charge is -2.33. The van der Waals surface area contributed by atoms with Crippen molar-refractivity contribution in [2.45, 2.75) is 45.1 Å². The molecule has 3 heteroatoms. The zero-order valence-corrected chi connectivity index (χ0v) is 11.3. The van der Waals surface area contributed by atoms with Crippen molar-refractivity contribution >= 4 is 0 Å². The molecule has 1 saturated carbocycles. The van der Waals surface area contributed by atoms with Crippen LogP contribution in [-0.4, -0.2) is 50.3 Å². The summed E-state index contributed by atoms with van der Waals surface area (Å²) in [6, 6.07) is 0.755. The highest BCUT2D eigenvalue weighted by Crippen LogP contribution is 2.24. The number of hydrogen-bond acceptors (Lipinski definition) is 3. The number of nitrogens with zero attached hydrogens (tertiary/aromatic N) is 1. The van der Waals surface area contributed by atoms with Gasteiger partial charge in [0.1, 0.15) is 0 Å². The predicted octanol–water partition coefficient (Wildman–Crippen LogP) is 1.88. The number of hydrogen-bond donors (Lipinski definition) is 1. The largest absolute Gasteiger partial charge is 0.379 e. The molecule has 1 heterocycles. The van der Waals surface area contributed by atoms with E-state index in [0.29, 0.717) is 0 Å². The van der Waals surface area contributed by atoms with Gasteiger partial charge in [-0.25, -0.2) is 0 Å². The van der Waals surface area contributed by atoms with E-state index in [2.05, 4.69) is 17.1 Å². The zero-order chi connectivity index (χ0) is 11.9. The molecule has 1 N–H and O–H groups in total. The molecule has 2 unspecified atom stereocenters. The molecule has 1 aliphatic carbocycles. The third kappa shape index (κ3) is 4.23. The molecule has 1 aliphatic heterocycles. The Morgan fingerprint density at radius 3 is 2.65 bits per heavy atom. The molecule has 0 radical (unpaired) electrons. The Kier molecular flexibility index (Phi) is 5.75. The summed E-state index contributed by atoms with van der Waals surface area (Å²) >= 11 is 0. The van der Waals surface area contributed by atoms with Crippen molar-refractivity contribution in [2.24, 2.45) is 5.92 Å². The van der Waals surface area contributed by atoms with Crippen molar-refractivity contribution in [3.63, 3.8) is 0 Å². The van der Waals surface area contributed by atoms with Crippen LogP contribution in [0.1, 0.15) is 39.0 Å². The second-order valence-electron chi connectivity index (χ2n) is 5.48. The van der Waals surface area contributed by atoms with E-state index in [0.717, 1.165) is 44.8 Å². The molecule has 1 saturated heterocycles. The SMILES string of the molecule is CCNC1CCCCCC1CN1CCOCC1. The standard InChI is InChI=1S/C14H28N2O/c1-2-15-14-7-5-3-4-6-13(14)12-16-8-10-17-11-9-16/h13-15H,2-12H2,1H3. The maximum atomic E-state index is 5.43. The summed E-state index contributed by atoms with van der Waals surface area (Å²) in [5.74, 6) is 0.857. The highest BCUT2D eigenvalue weighted by Gasteiger charge is 2.25. The fraction of sp³-hybridized carbons (Fsp3) is 1.00. The van der Waals surface area contributed by atoms with Crippen molar-refractivity contribution in [2.75, 3.05) is 39.4 Å². The van der Waals surface area contributed by atoms with E-state index >= 15 is 0 Å². The van der Waals surface area contributed by atoms with Crippen molar-refractivity contribution in [1.29, 1.82) is 0 Å². The molecule has 0 amide bonds. The van der Waals surface area contributed by atoms with Gasteiger partial charge in [-0.05, 0) is 25.3 Å². The van der Waals surface area contributed by atoms with Gasteiger partial charge in [0.15, 0.2) is 0 Å². The Hall–Kier alpha value is -0.120. The van der Waals surface area contributed by atoms with Crippen LogP contribution < -0.4 is 5.32 Å². The fourth-order valence-electron chi connectivity index (χ4n) is 3.25. The average molecular weight is 240 g/mol. The normalized spacial score (nSPS) is 32.3. The van der Waals surface area contributed by atoms with Gasteiger partial charge in [0.05, 0.1) is 13.2 Å². The van der Waals surface area contributed by atoms with Crippen molar-refractivity contribution in [3.8, 4) is 0 Å². The second kappa shape index (κ2) is 7.34. The number of rotatable bonds is 4. The van der Waals surface area contributed by atoms with Gasteiger partial charge in [-0.15, -0.1) is 0 Å². The highest BCUT2D eigenvalue weighted by molar-refractivity contribution is 4.82. The molecular formula is C14H28N2O. The maximum absolute atomic E-state index is 5.43. The summed E-state index contributed by atoms with van der Waals surface area (Å²) < 4.78 is 5.43. The summed E-state index contributed by atoms with van der Waals surface area (Å²) in [5, 5.41) is 3.71. The van der Waals surface area contributed by atoms with E-state index in [1.54, 1.807) is 0 Å². The van der Waals surface area contributed by atoms with Gasteiger partial charge in [0.2, 0.25) is 0 Å². The Morgan fingerprint density at radius 1 is 1.12 bits per heavy atom. The molecule has 17 heavy (non-hydrogen) atoms. The van der Waals surface area contributed by atoms with Gasteiger partial charge >= 0.3 is 0 Å². The van der Waals surface area contributed by atoms with Gasteiger partial charge in [-0.3, -0.25) is 4.90 Å². The summed E-state index contributed by atoms with van der Waals surface area (Å²) in [5.41, 5.74) is 0. The van der Waals surface area contributed by atoms with Crippen LogP contribution in [0, 0.1) is 5.92 Å². The molecule has 0 bridgehead atoms. The van der Waals surface area contributed by atoms with Gasteiger partial charge in [-0.2, -0.15) is 0 Å². The predicted molar refractivity (Wildman–Crippen MR) is 71.3 cm³/mol. The number of ether oxygens (including phenoxy) is 1. The Bertz CT molecular complexity index is 204. The maximum Gasteiger partial charge on any atom is 0.0594 e. The van der Waals surface area contributed by atoms with Crippen LogP contribution >= 0.6 is 0 Å². The quantitative estimate of drug-likeness (QED) is 0.759. The topological polar surface area (TPSA) is 24.5 Å². The van der Waals surface area contributed by atoms with E-state index < -0.39 is 0 Å². The van der Waals surface area contributed by atoms with Crippen LogP contribution in [-0.2, 0) is 4.74 Å². The lowest BCUT2D eigenvalue weighted by atomic mass is 9.94. The summed E-state index contributed by atoms with van der Waals surface area (Å²) in [7, 11) is 0. The Labute approximate surface area is 106 Å². The van der Waals surface area contributed by atoms with E-state index in [-0.39, 0.29) is 0 Å². The first-order chi connectivity index (χ1) is 8.40. The minimum absolute atomic E-state index is 0.755. The molecule has 0 aromatic rings. The third-order valence-corrected chi connectivity index (χ3v) is 4.22. The van der Waals surface area contributed by atoms with Gasteiger partial charge in [-0.1, -0.05) is 26.2 Å². The molecule has 0 spiro atoms. The number of nitrogens with one attached hydrogen (secondary N) is 1. The average Bonchev–Trinajstić information content (AvgIpc) is 2.57.